The number of hydrogen-bond acceptors (Lipinski definition) is 2. The predicted molar refractivity (Wildman–Crippen MR) is 65.1 cm³/mol. The van der Waals surface area contributed by atoms with Crippen molar-refractivity contribution in [2.45, 2.75) is 58.6 Å². The molecule has 1 saturated carbocycles. The molecule has 0 radical (unpaired) electrons. The molecule has 0 spiro atoms. The number of methoxy groups -OCH3 is 1. The van der Waals surface area contributed by atoms with E-state index in [0.717, 1.165) is 6.54 Å². The highest BCUT2D eigenvalue weighted by Gasteiger charge is 2.32. The van der Waals surface area contributed by atoms with Crippen LogP contribution in [0.2, 0.25) is 0 Å². The van der Waals surface area contributed by atoms with Gasteiger partial charge in [-0.1, -0.05) is 33.6 Å². The Balaban J connectivity index is 2.61. The minimum absolute atomic E-state index is 0.477. The molecule has 1 fully saturated rings. The van der Waals surface area contributed by atoms with Gasteiger partial charge in [0.05, 0.1) is 6.10 Å². The Morgan fingerprint density at radius 1 is 1.27 bits per heavy atom. The van der Waals surface area contributed by atoms with Crippen LogP contribution in [0.4, 0.5) is 0 Å². The van der Waals surface area contributed by atoms with Gasteiger partial charge in [0, 0.05) is 19.1 Å². The Bertz CT molecular complexity index is 170. The summed E-state index contributed by atoms with van der Waals surface area (Å²) in [7, 11) is 1.87. The molecule has 0 bridgehead atoms. The highest BCUT2D eigenvalue weighted by Crippen LogP contribution is 2.31. The minimum Gasteiger partial charge on any atom is -0.381 e. The average Bonchev–Trinajstić information content (AvgIpc) is 2.25. The molecule has 15 heavy (non-hydrogen) atoms. The van der Waals surface area contributed by atoms with E-state index >= 15 is 0 Å². The molecule has 0 heterocycles. The smallest absolute Gasteiger partial charge is 0.0614 e. The van der Waals surface area contributed by atoms with Gasteiger partial charge in [-0.05, 0) is 25.3 Å². The highest BCUT2D eigenvalue weighted by atomic mass is 16.5. The van der Waals surface area contributed by atoms with Gasteiger partial charge in [0.2, 0.25) is 0 Å². The summed E-state index contributed by atoms with van der Waals surface area (Å²) in [4.78, 5) is 0. The summed E-state index contributed by atoms with van der Waals surface area (Å²) in [5.41, 5.74) is 0. The standard InChI is InChI=1S/C13H27NO/c1-5-14-13(10(2)3)11-8-6-7-9-12(11)15-4/h10-14H,5-9H2,1-4H3. The van der Waals surface area contributed by atoms with Crippen LogP contribution in [0.25, 0.3) is 0 Å². The monoisotopic (exact) mass is 213 g/mol. The van der Waals surface area contributed by atoms with Crippen LogP contribution in [0.15, 0.2) is 0 Å². The largest absolute Gasteiger partial charge is 0.381 e. The zero-order chi connectivity index (χ0) is 11.3. The van der Waals surface area contributed by atoms with E-state index in [2.05, 4.69) is 26.1 Å². The molecule has 1 N–H and O–H groups in total. The van der Waals surface area contributed by atoms with E-state index in [9.17, 15) is 0 Å². The molecule has 0 aliphatic heterocycles. The van der Waals surface area contributed by atoms with Crippen molar-refractivity contribution in [3.8, 4) is 0 Å². The zero-order valence-corrected chi connectivity index (χ0v) is 10.8. The maximum Gasteiger partial charge on any atom is 0.0614 e. The van der Waals surface area contributed by atoms with E-state index in [1.54, 1.807) is 0 Å². The quantitative estimate of drug-likeness (QED) is 0.758. The number of hydrogen-bond donors (Lipinski definition) is 1. The number of ether oxygens (including phenoxy) is 1. The van der Waals surface area contributed by atoms with Crippen molar-refractivity contribution in [3.05, 3.63) is 0 Å². The number of nitrogens with one attached hydrogen (secondary N) is 1. The molecule has 0 aromatic rings. The van der Waals surface area contributed by atoms with Crippen LogP contribution >= 0.6 is 0 Å². The summed E-state index contributed by atoms with van der Waals surface area (Å²) in [6.07, 6.45) is 5.76. The first-order valence-electron chi connectivity index (χ1n) is 6.46. The minimum atomic E-state index is 0.477. The fourth-order valence-electron chi connectivity index (χ4n) is 2.95. The highest BCUT2D eigenvalue weighted by molar-refractivity contribution is 4.87. The first kappa shape index (κ1) is 13.0. The molecular formula is C13H27NO. The third-order valence-corrected chi connectivity index (χ3v) is 3.68. The van der Waals surface area contributed by atoms with Gasteiger partial charge < -0.3 is 10.1 Å². The summed E-state index contributed by atoms with van der Waals surface area (Å²) in [5, 5.41) is 3.64. The molecule has 1 rings (SSSR count). The third-order valence-electron chi connectivity index (χ3n) is 3.68. The lowest BCUT2D eigenvalue weighted by Crippen LogP contribution is -2.47. The second-order valence-corrected chi connectivity index (χ2v) is 5.05. The normalized spacial score (nSPS) is 29.4. The summed E-state index contributed by atoms with van der Waals surface area (Å²) in [6, 6.07) is 0.625. The van der Waals surface area contributed by atoms with Gasteiger partial charge >= 0.3 is 0 Å². The van der Waals surface area contributed by atoms with Crippen molar-refractivity contribution < 1.29 is 4.74 Å². The van der Waals surface area contributed by atoms with E-state index in [4.69, 9.17) is 4.74 Å². The Morgan fingerprint density at radius 3 is 2.47 bits per heavy atom. The Hall–Kier alpha value is -0.0800. The van der Waals surface area contributed by atoms with Crippen LogP contribution in [-0.4, -0.2) is 25.8 Å². The SMILES string of the molecule is CCNC(C(C)C)C1CCCCC1OC. The summed E-state index contributed by atoms with van der Waals surface area (Å²) in [6.45, 7) is 7.89. The maximum absolute atomic E-state index is 5.64. The molecule has 2 nitrogen and oxygen atoms in total. The van der Waals surface area contributed by atoms with Crippen molar-refractivity contribution in [3.63, 3.8) is 0 Å². The Kier molecular flexibility index (Phi) is 5.62. The van der Waals surface area contributed by atoms with Crippen LogP contribution < -0.4 is 5.32 Å². The molecule has 1 aliphatic carbocycles. The molecule has 0 saturated heterocycles. The zero-order valence-electron chi connectivity index (χ0n) is 10.8. The Morgan fingerprint density at radius 2 is 1.93 bits per heavy atom. The van der Waals surface area contributed by atoms with Crippen molar-refractivity contribution in [1.82, 2.24) is 5.32 Å². The molecule has 0 aromatic heterocycles. The van der Waals surface area contributed by atoms with Crippen molar-refractivity contribution in [2.24, 2.45) is 11.8 Å². The molecule has 3 atom stereocenters. The first-order chi connectivity index (χ1) is 7.20. The summed E-state index contributed by atoms with van der Waals surface area (Å²) in [5.74, 6) is 1.41. The summed E-state index contributed by atoms with van der Waals surface area (Å²) >= 11 is 0. The van der Waals surface area contributed by atoms with Gasteiger partial charge in [0.1, 0.15) is 0 Å². The fraction of sp³-hybridized carbons (Fsp3) is 1.00. The van der Waals surface area contributed by atoms with Crippen LogP contribution in [0.3, 0.4) is 0 Å². The second kappa shape index (κ2) is 6.49. The van der Waals surface area contributed by atoms with E-state index in [1.807, 2.05) is 7.11 Å². The Labute approximate surface area is 94.8 Å². The molecule has 0 amide bonds. The van der Waals surface area contributed by atoms with Gasteiger partial charge in [-0.25, -0.2) is 0 Å². The molecule has 1 aliphatic rings. The number of rotatable bonds is 5. The van der Waals surface area contributed by atoms with E-state index in [-0.39, 0.29) is 0 Å². The lowest BCUT2D eigenvalue weighted by Gasteiger charge is -2.38. The lowest BCUT2D eigenvalue weighted by molar-refractivity contribution is 0.000704. The van der Waals surface area contributed by atoms with Gasteiger partial charge in [-0.2, -0.15) is 0 Å². The molecule has 90 valence electrons. The van der Waals surface area contributed by atoms with Crippen molar-refractivity contribution in [1.29, 1.82) is 0 Å². The van der Waals surface area contributed by atoms with Crippen molar-refractivity contribution in [2.75, 3.05) is 13.7 Å². The van der Waals surface area contributed by atoms with Crippen LogP contribution in [0, 0.1) is 11.8 Å². The van der Waals surface area contributed by atoms with E-state index < -0.39 is 0 Å². The molecule has 2 heteroatoms. The maximum atomic E-state index is 5.64. The lowest BCUT2D eigenvalue weighted by atomic mass is 9.77. The molecular weight excluding hydrogens is 186 g/mol. The van der Waals surface area contributed by atoms with Crippen LogP contribution in [0.1, 0.15) is 46.5 Å². The van der Waals surface area contributed by atoms with Gasteiger partial charge in [0.25, 0.3) is 0 Å². The molecule has 3 unspecified atom stereocenters. The van der Waals surface area contributed by atoms with E-state index in [0.29, 0.717) is 24.0 Å². The van der Waals surface area contributed by atoms with Crippen LogP contribution in [-0.2, 0) is 4.74 Å². The fourth-order valence-corrected chi connectivity index (χ4v) is 2.95. The van der Waals surface area contributed by atoms with Gasteiger partial charge in [-0.3, -0.25) is 0 Å². The van der Waals surface area contributed by atoms with Gasteiger partial charge in [0.15, 0.2) is 0 Å². The first-order valence-corrected chi connectivity index (χ1v) is 6.46. The molecule has 0 aromatic carbocycles. The van der Waals surface area contributed by atoms with Crippen molar-refractivity contribution >= 4 is 0 Å². The van der Waals surface area contributed by atoms with E-state index in [1.165, 1.54) is 25.7 Å². The van der Waals surface area contributed by atoms with Crippen LogP contribution in [0.5, 0.6) is 0 Å². The third kappa shape index (κ3) is 3.46. The summed E-state index contributed by atoms with van der Waals surface area (Å²) < 4.78 is 5.64. The topological polar surface area (TPSA) is 21.3 Å². The van der Waals surface area contributed by atoms with Gasteiger partial charge in [-0.15, -0.1) is 0 Å². The second-order valence-electron chi connectivity index (χ2n) is 5.05. The predicted octanol–water partition coefficient (Wildman–Crippen LogP) is 2.83. The average molecular weight is 213 g/mol.